The summed E-state index contributed by atoms with van der Waals surface area (Å²) in [7, 11) is 1.35. The van der Waals surface area contributed by atoms with Gasteiger partial charge >= 0.3 is 5.97 Å². The SMILES string of the molecule is COC(=O)c1ccc(OCc2ccccc2)c(Cl)c1SC. The molecule has 0 radical (unpaired) electrons. The molecule has 0 saturated carbocycles. The number of benzene rings is 2. The molecule has 3 nitrogen and oxygen atoms in total. The number of ether oxygens (including phenoxy) is 2. The topological polar surface area (TPSA) is 35.5 Å². The summed E-state index contributed by atoms with van der Waals surface area (Å²) in [6, 6.07) is 13.2. The highest BCUT2D eigenvalue weighted by molar-refractivity contribution is 7.98. The Morgan fingerprint density at radius 1 is 1.19 bits per heavy atom. The zero-order valence-electron chi connectivity index (χ0n) is 11.8. The van der Waals surface area contributed by atoms with E-state index < -0.39 is 5.97 Å². The molecular weight excluding hydrogens is 308 g/mol. The van der Waals surface area contributed by atoms with E-state index in [1.165, 1.54) is 18.9 Å². The first-order valence-corrected chi connectivity index (χ1v) is 7.89. The monoisotopic (exact) mass is 322 g/mol. The lowest BCUT2D eigenvalue weighted by Gasteiger charge is -2.13. The Bertz CT molecular complexity index is 629. The quantitative estimate of drug-likeness (QED) is 0.602. The lowest BCUT2D eigenvalue weighted by Crippen LogP contribution is -2.04. The molecule has 110 valence electrons. The van der Waals surface area contributed by atoms with Crippen LogP contribution in [-0.2, 0) is 11.3 Å². The Hall–Kier alpha value is -1.65. The van der Waals surface area contributed by atoms with Gasteiger partial charge in [-0.2, -0.15) is 0 Å². The molecule has 0 amide bonds. The van der Waals surface area contributed by atoms with Gasteiger partial charge in [-0.15, -0.1) is 11.8 Å². The highest BCUT2D eigenvalue weighted by Gasteiger charge is 2.17. The molecule has 5 heteroatoms. The van der Waals surface area contributed by atoms with Crippen molar-refractivity contribution in [3.63, 3.8) is 0 Å². The van der Waals surface area contributed by atoms with E-state index in [1.807, 2.05) is 36.6 Å². The van der Waals surface area contributed by atoms with Crippen molar-refractivity contribution in [2.45, 2.75) is 11.5 Å². The van der Waals surface area contributed by atoms with Crippen molar-refractivity contribution in [3.8, 4) is 5.75 Å². The fourth-order valence-electron chi connectivity index (χ4n) is 1.86. The smallest absolute Gasteiger partial charge is 0.339 e. The van der Waals surface area contributed by atoms with Crippen LogP contribution in [0.4, 0.5) is 0 Å². The molecule has 2 rings (SSSR count). The summed E-state index contributed by atoms with van der Waals surface area (Å²) in [5.74, 6) is 0.147. The van der Waals surface area contributed by atoms with Gasteiger partial charge < -0.3 is 9.47 Å². The maximum absolute atomic E-state index is 11.7. The van der Waals surface area contributed by atoms with Gasteiger partial charge in [-0.05, 0) is 24.0 Å². The van der Waals surface area contributed by atoms with Gasteiger partial charge in [0.25, 0.3) is 0 Å². The third-order valence-corrected chi connectivity index (χ3v) is 4.23. The number of hydrogen-bond donors (Lipinski definition) is 0. The largest absolute Gasteiger partial charge is 0.487 e. The fourth-order valence-corrected chi connectivity index (χ4v) is 2.96. The molecule has 0 fully saturated rings. The average molecular weight is 323 g/mol. The highest BCUT2D eigenvalue weighted by atomic mass is 35.5. The minimum atomic E-state index is -0.407. The van der Waals surface area contributed by atoms with Crippen LogP contribution in [0.3, 0.4) is 0 Å². The van der Waals surface area contributed by atoms with Crippen LogP contribution in [0.1, 0.15) is 15.9 Å². The molecule has 0 heterocycles. The van der Waals surface area contributed by atoms with Crippen molar-refractivity contribution >= 4 is 29.3 Å². The minimum Gasteiger partial charge on any atom is -0.487 e. The summed E-state index contributed by atoms with van der Waals surface area (Å²) in [6.45, 7) is 0.423. The van der Waals surface area contributed by atoms with Crippen LogP contribution in [0.5, 0.6) is 5.75 Å². The van der Waals surface area contributed by atoms with Gasteiger partial charge in [0, 0.05) is 4.90 Å². The molecule has 0 atom stereocenters. The van der Waals surface area contributed by atoms with E-state index in [9.17, 15) is 4.79 Å². The number of thioether (sulfide) groups is 1. The third-order valence-electron chi connectivity index (χ3n) is 2.91. The molecule has 0 saturated heterocycles. The lowest BCUT2D eigenvalue weighted by molar-refractivity contribution is 0.0596. The average Bonchev–Trinajstić information content (AvgIpc) is 2.53. The second kappa shape index (κ2) is 7.38. The Morgan fingerprint density at radius 2 is 1.90 bits per heavy atom. The van der Waals surface area contributed by atoms with Crippen molar-refractivity contribution in [1.29, 1.82) is 0 Å². The van der Waals surface area contributed by atoms with Crippen LogP contribution < -0.4 is 4.74 Å². The molecule has 0 aliphatic carbocycles. The predicted octanol–water partition coefficient (Wildman–Crippen LogP) is 4.43. The molecule has 0 aliphatic heterocycles. The van der Waals surface area contributed by atoms with Crippen LogP contribution in [0.15, 0.2) is 47.4 Å². The van der Waals surface area contributed by atoms with E-state index in [4.69, 9.17) is 21.1 Å². The zero-order valence-corrected chi connectivity index (χ0v) is 13.3. The van der Waals surface area contributed by atoms with Crippen molar-refractivity contribution in [2.24, 2.45) is 0 Å². The number of rotatable bonds is 5. The van der Waals surface area contributed by atoms with E-state index in [-0.39, 0.29) is 0 Å². The summed E-state index contributed by atoms with van der Waals surface area (Å²) < 4.78 is 10.5. The summed E-state index contributed by atoms with van der Waals surface area (Å²) in [6.07, 6.45) is 1.86. The van der Waals surface area contributed by atoms with Crippen molar-refractivity contribution in [3.05, 3.63) is 58.6 Å². The predicted molar refractivity (Wildman–Crippen MR) is 85.3 cm³/mol. The molecule has 0 N–H and O–H groups in total. The van der Waals surface area contributed by atoms with Crippen LogP contribution >= 0.6 is 23.4 Å². The Kier molecular flexibility index (Phi) is 5.53. The number of carbonyl (C=O) groups excluding carboxylic acids is 1. The number of methoxy groups -OCH3 is 1. The Morgan fingerprint density at radius 3 is 2.52 bits per heavy atom. The maximum Gasteiger partial charge on any atom is 0.339 e. The van der Waals surface area contributed by atoms with Gasteiger partial charge in [0.2, 0.25) is 0 Å². The van der Waals surface area contributed by atoms with E-state index >= 15 is 0 Å². The Labute approximate surface area is 133 Å². The number of halogens is 1. The number of esters is 1. The van der Waals surface area contributed by atoms with Gasteiger partial charge in [0.1, 0.15) is 12.4 Å². The molecule has 0 bridgehead atoms. The Balaban J connectivity index is 2.23. The molecule has 21 heavy (non-hydrogen) atoms. The van der Waals surface area contributed by atoms with E-state index in [0.29, 0.717) is 27.8 Å². The summed E-state index contributed by atoms with van der Waals surface area (Å²) in [5.41, 5.74) is 1.50. The first kappa shape index (κ1) is 15.7. The fraction of sp³-hybridized carbons (Fsp3) is 0.188. The van der Waals surface area contributed by atoms with Gasteiger partial charge in [-0.25, -0.2) is 4.79 Å². The van der Waals surface area contributed by atoms with Crippen molar-refractivity contribution in [2.75, 3.05) is 13.4 Å². The van der Waals surface area contributed by atoms with Crippen LogP contribution in [0, 0.1) is 0 Å². The molecular formula is C16H15ClO3S. The number of hydrogen-bond acceptors (Lipinski definition) is 4. The van der Waals surface area contributed by atoms with Crippen LogP contribution in [0.25, 0.3) is 0 Å². The first-order chi connectivity index (χ1) is 10.2. The van der Waals surface area contributed by atoms with Gasteiger partial charge in [0.15, 0.2) is 0 Å². The van der Waals surface area contributed by atoms with E-state index in [0.717, 1.165) is 5.56 Å². The number of carbonyl (C=O) groups is 1. The molecule has 2 aromatic carbocycles. The van der Waals surface area contributed by atoms with E-state index in [1.54, 1.807) is 12.1 Å². The van der Waals surface area contributed by atoms with Gasteiger partial charge in [0.05, 0.1) is 17.7 Å². The molecule has 0 aromatic heterocycles. The summed E-state index contributed by atoms with van der Waals surface area (Å²) >= 11 is 7.72. The standard InChI is InChI=1S/C16H15ClO3S/c1-19-16(18)12-8-9-13(14(17)15(12)21-2)20-10-11-6-4-3-5-7-11/h3-9H,10H2,1-2H3. The molecule has 0 spiro atoms. The van der Waals surface area contributed by atoms with Crippen LogP contribution in [-0.4, -0.2) is 19.3 Å². The van der Waals surface area contributed by atoms with E-state index in [2.05, 4.69) is 0 Å². The molecule has 0 aliphatic rings. The highest BCUT2D eigenvalue weighted by Crippen LogP contribution is 2.37. The second-order valence-electron chi connectivity index (χ2n) is 4.22. The lowest BCUT2D eigenvalue weighted by atomic mass is 10.2. The van der Waals surface area contributed by atoms with Crippen molar-refractivity contribution in [1.82, 2.24) is 0 Å². The maximum atomic E-state index is 11.7. The van der Waals surface area contributed by atoms with Gasteiger partial charge in [-0.1, -0.05) is 41.9 Å². The summed E-state index contributed by atoms with van der Waals surface area (Å²) in [5, 5.41) is 0.432. The zero-order chi connectivity index (χ0) is 15.2. The minimum absolute atomic E-state index is 0.407. The normalized spacial score (nSPS) is 10.2. The molecule has 0 unspecified atom stereocenters. The second-order valence-corrected chi connectivity index (χ2v) is 5.42. The van der Waals surface area contributed by atoms with Gasteiger partial charge in [-0.3, -0.25) is 0 Å². The first-order valence-electron chi connectivity index (χ1n) is 6.29. The third kappa shape index (κ3) is 3.71. The van der Waals surface area contributed by atoms with Crippen LogP contribution in [0.2, 0.25) is 5.02 Å². The molecule has 2 aromatic rings. The summed E-state index contributed by atoms with van der Waals surface area (Å²) in [4.78, 5) is 12.4. The van der Waals surface area contributed by atoms with Crippen molar-refractivity contribution < 1.29 is 14.3 Å².